The van der Waals surface area contributed by atoms with Crippen LogP contribution in [0.25, 0.3) is 0 Å². The van der Waals surface area contributed by atoms with Gasteiger partial charge < -0.3 is 4.90 Å². The largest absolute Gasteiger partial charge is 0.416 e. The Hall–Kier alpha value is -2.32. The van der Waals surface area contributed by atoms with Crippen molar-refractivity contribution in [3.05, 3.63) is 71.3 Å². The minimum atomic E-state index is -4.37. The lowest BCUT2D eigenvalue weighted by Crippen LogP contribution is -2.32. The van der Waals surface area contributed by atoms with Gasteiger partial charge in [-0.3, -0.25) is 0 Å². The smallest absolute Gasteiger partial charge is 0.302 e. The SMILES string of the molecule is CC(C)C(C#N)(CCCN(C)Cc1ccccc1)c1ccc(C(F)(F)F)cc1. The zero-order valence-electron chi connectivity index (χ0n) is 16.6. The molecule has 0 fully saturated rings. The maximum atomic E-state index is 12.9. The Balaban J connectivity index is 2.08. The number of benzene rings is 2. The normalized spacial score (nSPS) is 14.1. The monoisotopic (exact) mass is 388 g/mol. The summed E-state index contributed by atoms with van der Waals surface area (Å²) in [6.07, 6.45) is -2.98. The quantitative estimate of drug-likeness (QED) is 0.552. The maximum absolute atomic E-state index is 12.9. The summed E-state index contributed by atoms with van der Waals surface area (Å²) in [5.74, 6) is -0.00586. The molecule has 0 saturated carbocycles. The Bertz CT molecular complexity index is 776. The van der Waals surface area contributed by atoms with Gasteiger partial charge in [-0.15, -0.1) is 0 Å². The molecular formula is C23H27F3N2. The summed E-state index contributed by atoms with van der Waals surface area (Å²) in [6, 6.07) is 17.6. The van der Waals surface area contributed by atoms with Crippen LogP contribution in [0.5, 0.6) is 0 Å². The zero-order valence-corrected chi connectivity index (χ0v) is 16.6. The number of hydrogen-bond acceptors (Lipinski definition) is 2. The summed E-state index contributed by atoms with van der Waals surface area (Å²) in [7, 11) is 2.04. The van der Waals surface area contributed by atoms with Crippen LogP contribution in [0.1, 0.15) is 43.4 Å². The van der Waals surface area contributed by atoms with Crippen molar-refractivity contribution in [2.45, 2.75) is 44.8 Å². The van der Waals surface area contributed by atoms with Crippen molar-refractivity contribution < 1.29 is 13.2 Å². The molecule has 150 valence electrons. The molecule has 1 atom stereocenters. The second-order valence-corrected chi connectivity index (χ2v) is 7.64. The molecular weight excluding hydrogens is 361 g/mol. The Kier molecular flexibility index (Phi) is 7.26. The summed E-state index contributed by atoms with van der Waals surface area (Å²) in [5.41, 5.74) is 0.402. The van der Waals surface area contributed by atoms with Crippen LogP contribution >= 0.6 is 0 Å². The van der Waals surface area contributed by atoms with Gasteiger partial charge >= 0.3 is 6.18 Å². The van der Waals surface area contributed by atoms with Gasteiger partial charge in [-0.1, -0.05) is 56.3 Å². The zero-order chi connectivity index (χ0) is 20.8. The van der Waals surface area contributed by atoms with E-state index in [-0.39, 0.29) is 5.92 Å². The van der Waals surface area contributed by atoms with E-state index in [9.17, 15) is 18.4 Å². The van der Waals surface area contributed by atoms with E-state index < -0.39 is 17.2 Å². The van der Waals surface area contributed by atoms with Crippen LogP contribution in [0.15, 0.2) is 54.6 Å². The summed E-state index contributed by atoms with van der Waals surface area (Å²) < 4.78 is 38.6. The summed E-state index contributed by atoms with van der Waals surface area (Å²) in [4.78, 5) is 2.20. The van der Waals surface area contributed by atoms with Crippen molar-refractivity contribution in [3.63, 3.8) is 0 Å². The van der Waals surface area contributed by atoms with E-state index in [1.54, 1.807) is 0 Å². The molecule has 0 aromatic heterocycles. The predicted molar refractivity (Wildman–Crippen MR) is 106 cm³/mol. The number of alkyl halides is 3. The van der Waals surface area contributed by atoms with Gasteiger partial charge in [0.25, 0.3) is 0 Å². The highest BCUT2D eigenvalue weighted by atomic mass is 19.4. The molecule has 0 spiro atoms. The maximum Gasteiger partial charge on any atom is 0.416 e. The molecule has 2 rings (SSSR count). The topological polar surface area (TPSA) is 27.0 Å². The molecule has 5 heteroatoms. The van der Waals surface area contributed by atoms with E-state index in [0.717, 1.165) is 31.6 Å². The molecule has 0 saturated heterocycles. The van der Waals surface area contributed by atoms with Gasteiger partial charge in [-0.25, -0.2) is 0 Å². The molecule has 2 aromatic carbocycles. The van der Waals surface area contributed by atoms with Crippen LogP contribution in [-0.2, 0) is 18.1 Å². The summed E-state index contributed by atoms with van der Waals surface area (Å²) in [5, 5.41) is 9.94. The van der Waals surface area contributed by atoms with E-state index in [0.29, 0.717) is 12.0 Å². The highest BCUT2D eigenvalue weighted by molar-refractivity contribution is 5.36. The van der Waals surface area contributed by atoms with Crippen molar-refractivity contribution in [3.8, 4) is 6.07 Å². The fourth-order valence-electron chi connectivity index (χ4n) is 3.57. The lowest BCUT2D eigenvalue weighted by Gasteiger charge is -2.32. The van der Waals surface area contributed by atoms with Crippen LogP contribution in [0.4, 0.5) is 13.2 Å². The van der Waals surface area contributed by atoms with E-state index >= 15 is 0 Å². The van der Waals surface area contributed by atoms with Crippen LogP contribution in [-0.4, -0.2) is 18.5 Å². The molecule has 0 bridgehead atoms. The third kappa shape index (κ3) is 5.36. The number of rotatable bonds is 8. The second kappa shape index (κ2) is 9.25. The molecule has 2 nitrogen and oxygen atoms in total. The van der Waals surface area contributed by atoms with Gasteiger partial charge in [0.15, 0.2) is 0 Å². The number of hydrogen-bond donors (Lipinski definition) is 0. The molecule has 28 heavy (non-hydrogen) atoms. The third-order valence-electron chi connectivity index (χ3n) is 5.32. The van der Waals surface area contributed by atoms with Crippen LogP contribution < -0.4 is 0 Å². The average Bonchev–Trinajstić information content (AvgIpc) is 2.65. The fourth-order valence-corrected chi connectivity index (χ4v) is 3.57. The van der Waals surface area contributed by atoms with Crippen molar-refractivity contribution in [1.82, 2.24) is 4.90 Å². The molecule has 0 aliphatic carbocycles. The first-order valence-electron chi connectivity index (χ1n) is 9.50. The Labute approximate surface area is 165 Å². The molecule has 0 heterocycles. The highest BCUT2D eigenvalue weighted by Crippen LogP contribution is 2.38. The van der Waals surface area contributed by atoms with Crippen molar-refractivity contribution in [2.75, 3.05) is 13.6 Å². The van der Waals surface area contributed by atoms with Gasteiger partial charge in [0.2, 0.25) is 0 Å². The van der Waals surface area contributed by atoms with Gasteiger partial charge in [0, 0.05) is 6.54 Å². The Morgan fingerprint density at radius 2 is 1.54 bits per heavy atom. The average molecular weight is 388 g/mol. The van der Waals surface area contributed by atoms with Crippen LogP contribution in [0, 0.1) is 17.2 Å². The lowest BCUT2D eigenvalue weighted by molar-refractivity contribution is -0.137. The fraction of sp³-hybridized carbons (Fsp3) is 0.435. The first kappa shape index (κ1) is 22.0. The first-order valence-corrected chi connectivity index (χ1v) is 9.50. The Morgan fingerprint density at radius 3 is 2.04 bits per heavy atom. The van der Waals surface area contributed by atoms with Gasteiger partial charge in [0.1, 0.15) is 0 Å². The molecule has 0 N–H and O–H groups in total. The lowest BCUT2D eigenvalue weighted by atomic mass is 9.69. The Morgan fingerprint density at radius 1 is 0.964 bits per heavy atom. The number of nitrogens with zero attached hydrogens (tertiary/aromatic N) is 2. The number of halogens is 3. The van der Waals surface area contributed by atoms with E-state index in [2.05, 4.69) is 23.1 Å². The third-order valence-corrected chi connectivity index (χ3v) is 5.32. The molecule has 0 radical (unpaired) electrons. The minimum absolute atomic E-state index is 0.00586. The molecule has 2 aromatic rings. The highest BCUT2D eigenvalue weighted by Gasteiger charge is 2.37. The van der Waals surface area contributed by atoms with Gasteiger partial charge in [0.05, 0.1) is 17.0 Å². The molecule has 0 aliphatic heterocycles. The van der Waals surface area contributed by atoms with Gasteiger partial charge in [-0.05, 0) is 55.6 Å². The van der Waals surface area contributed by atoms with E-state index in [4.69, 9.17) is 0 Å². The van der Waals surface area contributed by atoms with Crippen LogP contribution in [0.3, 0.4) is 0 Å². The van der Waals surface area contributed by atoms with Crippen molar-refractivity contribution >= 4 is 0 Å². The van der Waals surface area contributed by atoms with E-state index in [1.165, 1.54) is 17.7 Å². The standard InChI is InChI=1S/C23H27F3N2/c1-18(2)22(17-27,20-10-12-21(13-11-20)23(24,25)26)14-7-15-28(3)16-19-8-5-4-6-9-19/h4-6,8-13,18H,7,14-16H2,1-3H3. The molecule has 0 amide bonds. The first-order chi connectivity index (χ1) is 13.2. The van der Waals surface area contributed by atoms with Crippen molar-refractivity contribution in [1.29, 1.82) is 5.26 Å². The van der Waals surface area contributed by atoms with Crippen LogP contribution in [0.2, 0.25) is 0 Å². The molecule has 1 unspecified atom stereocenters. The predicted octanol–water partition coefficient (Wildman–Crippen LogP) is 6.03. The number of nitriles is 1. The van der Waals surface area contributed by atoms with Crippen molar-refractivity contribution in [2.24, 2.45) is 5.92 Å². The summed E-state index contributed by atoms with van der Waals surface area (Å²) >= 11 is 0. The minimum Gasteiger partial charge on any atom is -0.302 e. The van der Waals surface area contributed by atoms with E-state index in [1.807, 2.05) is 39.1 Å². The summed E-state index contributed by atoms with van der Waals surface area (Å²) in [6.45, 7) is 5.54. The second-order valence-electron chi connectivity index (χ2n) is 7.64. The molecule has 0 aliphatic rings. The van der Waals surface area contributed by atoms with Gasteiger partial charge in [-0.2, -0.15) is 18.4 Å².